The molecule has 4 saturated carbocycles. The maximum absolute atomic E-state index is 6.43. The van der Waals surface area contributed by atoms with Gasteiger partial charge in [0.1, 0.15) is 17.8 Å². The van der Waals surface area contributed by atoms with Crippen molar-refractivity contribution in [3.8, 4) is 0 Å². The quantitative estimate of drug-likeness (QED) is 0.775. The summed E-state index contributed by atoms with van der Waals surface area (Å²) in [5.74, 6) is 4.80. The fourth-order valence-corrected chi connectivity index (χ4v) is 5.84. The van der Waals surface area contributed by atoms with Crippen LogP contribution in [0.25, 0.3) is 0 Å². The van der Waals surface area contributed by atoms with E-state index in [2.05, 4.69) is 25.6 Å². The van der Waals surface area contributed by atoms with Crippen LogP contribution in [0.2, 0.25) is 0 Å². The lowest BCUT2D eigenvalue weighted by Crippen LogP contribution is -2.55. The Kier molecular flexibility index (Phi) is 3.55. The number of nitrogens with zero attached hydrogens (tertiary/aromatic N) is 3. The molecule has 4 aliphatic carbocycles. The first kappa shape index (κ1) is 15.9. The van der Waals surface area contributed by atoms with Gasteiger partial charge in [0.2, 0.25) is 0 Å². The number of anilines is 4. The van der Waals surface area contributed by atoms with Crippen LogP contribution in [0.3, 0.4) is 0 Å². The third-order valence-corrected chi connectivity index (χ3v) is 6.55. The average molecular weight is 350 g/mol. The molecule has 6 heteroatoms. The van der Waals surface area contributed by atoms with Crippen molar-refractivity contribution in [1.82, 2.24) is 15.0 Å². The molecule has 0 radical (unpaired) electrons. The van der Waals surface area contributed by atoms with Crippen LogP contribution >= 0.6 is 0 Å². The standard InChI is InChI=1S/C20H26N6/c1-12-3-2-4-22-17(12)25-18-16(21)19(24-11-23-18)26-20-8-13-5-14(9-20)7-15(6-13)10-20/h2-4,11,13-15H,5-10,21H2,1H3,(H2,22,23,24,25,26). The Labute approximate surface area is 154 Å². The highest BCUT2D eigenvalue weighted by Crippen LogP contribution is 2.56. The molecule has 4 N–H and O–H groups in total. The first-order valence-corrected chi connectivity index (χ1v) is 9.67. The number of nitrogens with two attached hydrogens (primary N) is 1. The molecule has 0 saturated heterocycles. The predicted molar refractivity (Wildman–Crippen MR) is 103 cm³/mol. The zero-order valence-corrected chi connectivity index (χ0v) is 15.2. The molecule has 4 fully saturated rings. The van der Waals surface area contributed by atoms with Crippen molar-refractivity contribution in [3.05, 3.63) is 30.2 Å². The molecule has 0 spiro atoms. The van der Waals surface area contributed by atoms with Crippen LogP contribution in [-0.4, -0.2) is 20.5 Å². The highest BCUT2D eigenvalue weighted by molar-refractivity contribution is 5.77. The third-order valence-electron chi connectivity index (χ3n) is 6.55. The highest BCUT2D eigenvalue weighted by atomic mass is 15.1. The Morgan fingerprint density at radius 1 is 0.962 bits per heavy atom. The van der Waals surface area contributed by atoms with Gasteiger partial charge >= 0.3 is 0 Å². The number of nitrogens with one attached hydrogen (secondary N) is 2. The van der Waals surface area contributed by atoms with Crippen LogP contribution in [0.15, 0.2) is 24.7 Å². The minimum absolute atomic E-state index is 0.176. The predicted octanol–water partition coefficient (Wildman–Crippen LogP) is 3.89. The van der Waals surface area contributed by atoms with E-state index in [9.17, 15) is 0 Å². The van der Waals surface area contributed by atoms with Crippen molar-refractivity contribution in [2.45, 2.75) is 51.0 Å². The zero-order valence-electron chi connectivity index (χ0n) is 15.2. The summed E-state index contributed by atoms with van der Waals surface area (Å²) in [5, 5.41) is 7.02. The molecule has 0 atom stereocenters. The summed E-state index contributed by atoms with van der Waals surface area (Å²) in [4.78, 5) is 13.2. The molecule has 4 aliphatic rings. The summed E-state index contributed by atoms with van der Waals surface area (Å²) < 4.78 is 0. The van der Waals surface area contributed by atoms with E-state index in [1.807, 2.05) is 19.1 Å². The molecule has 0 aliphatic heterocycles. The van der Waals surface area contributed by atoms with E-state index in [0.29, 0.717) is 11.5 Å². The van der Waals surface area contributed by atoms with E-state index in [4.69, 9.17) is 5.73 Å². The lowest BCUT2D eigenvalue weighted by atomic mass is 9.53. The summed E-state index contributed by atoms with van der Waals surface area (Å²) in [6.07, 6.45) is 11.4. The van der Waals surface area contributed by atoms with Crippen LogP contribution in [-0.2, 0) is 0 Å². The third kappa shape index (κ3) is 2.68. The topological polar surface area (TPSA) is 88.8 Å². The van der Waals surface area contributed by atoms with Crippen LogP contribution in [0.5, 0.6) is 0 Å². The van der Waals surface area contributed by atoms with Crippen LogP contribution in [0, 0.1) is 24.7 Å². The van der Waals surface area contributed by atoms with E-state index < -0.39 is 0 Å². The number of rotatable bonds is 4. The molecule has 4 bridgehead atoms. The van der Waals surface area contributed by atoms with Crippen molar-refractivity contribution in [2.75, 3.05) is 16.4 Å². The molecule has 0 amide bonds. The monoisotopic (exact) mass is 350 g/mol. The maximum atomic E-state index is 6.43. The minimum Gasteiger partial charge on any atom is -0.393 e. The van der Waals surface area contributed by atoms with Crippen LogP contribution in [0.4, 0.5) is 23.1 Å². The van der Waals surface area contributed by atoms with E-state index in [1.54, 1.807) is 12.5 Å². The van der Waals surface area contributed by atoms with Gasteiger partial charge in [-0.1, -0.05) is 6.07 Å². The zero-order chi connectivity index (χ0) is 17.7. The molecule has 6 nitrogen and oxygen atoms in total. The molecule has 26 heavy (non-hydrogen) atoms. The second-order valence-corrected chi connectivity index (χ2v) is 8.60. The Morgan fingerprint density at radius 2 is 1.62 bits per heavy atom. The lowest BCUT2D eigenvalue weighted by Gasteiger charge is -2.57. The summed E-state index contributed by atoms with van der Waals surface area (Å²) in [6, 6.07) is 3.94. The molecular weight excluding hydrogens is 324 g/mol. The van der Waals surface area contributed by atoms with Gasteiger partial charge in [-0.2, -0.15) is 0 Å². The first-order valence-electron chi connectivity index (χ1n) is 9.67. The highest BCUT2D eigenvalue weighted by Gasteiger charge is 2.51. The van der Waals surface area contributed by atoms with Gasteiger partial charge in [0, 0.05) is 11.7 Å². The smallest absolute Gasteiger partial charge is 0.160 e. The molecule has 0 aromatic carbocycles. The number of aromatic nitrogens is 3. The fraction of sp³-hybridized carbons (Fsp3) is 0.550. The van der Waals surface area contributed by atoms with E-state index in [-0.39, 0.29) is 5.54 Å². The van der Waals surface area contributed by atoms with Crippen LogP contribution < -0.4 is 16.4 Å². The average Bonchev–Trinajstić information content (AvgIpc) is 2.59. The second-order valence-electron chi connectivity index (χ2n) is 8.60. The van der Waals surface area contributed by atoms with Gasteiger partial charge in [-0.05, 0) is 74.8 Å². The van der Waals surface area contributed by atoms with Gasteiger partial charge in [-0.3, -0.25) is 0 Å². The summed E-state index contributed by atoms with van der Waals surface area (Å²) in [6.45, 7) is 2.02. The van der Waals surface area contributed by atoms with Gasteiger partial charge < -0.3 is 16.4 Å². The van der Waals surface area contributed by atoms with E-state index in [1.165, 1.54) is 38.5 Å². The number of hydrogen-bond donors (Lipinski definition) is 3. The summed E-state index contributed by atoms with van der Waals surface area (Å²) >= 11 is 0. The van der Waals surface area contributed by atoms with Crippen molar-refractivity contribution in [3.63, 3.8) is 0 Å². The van der Waals surface area contributed by atoms with E-state index in [0.717, 1.165) is 35.0 Å². The van der Waals surface area contributed by atoms with Gasteiger partial charge in [-0.25, -0.2) is 15.0 Å². The summed E-state index contributed by atoms with van der Waals surface area (Å²) in [5.41, 5.74) is 8.24. The number of nitrogen functional groups attached to an aromatic ring is 1. The van der Waals surface area contributed by atoms with Gasteiger partial charge in [-0.15, -0.1) is 0 Å². The Morgan fingerprint density at radius 3 is 2.27 bits per heavy atom. The van der Waals surface area contributed by atoms with Crippen molar-refractivity contribution in [1.29, 1.82) is 0 Å². The molecule has 2 aromatic rings. The Balaban J connectivity index is 1.41. The van der Waals surface area contributed by atoms with Gasteiger partial charge in [0.25, 0.3) is 0 Å². The lowest BCUT2D eigenvalue weighted by molar-refractivity contribution is 0.0106. The number of pyridine rings is 1. The van der Waals surface area contributed by atoms with Crippen molar-refractivity contribution >= 4 is 23.1 Å². The minimum atomic E-state index is 0.176. The molecule has 2 heterocycles. The first-order chi connectivity index (χ1) is 12.6. The van der Waals surface area contributed by atoms with Crippen LogP contribution in [0.1, 0.15) is 44.1 Å². The number of aryl methyl sites for hydroxylation is 1. The molecule has 2 aromatic heterocycles. The fourth-order valence-electron chi connectivity index (χ4n) is 5.84. The molecule has 0 unspecified atom stereocenters. The van der Waals surface area contributed by atoms with Crippen molar-refractivity contribution in [2.24, 2.45) is 17.8 Å². The Hall–Kier alpha value is -2.37. The Bertz CT molecular complexity index is 798. The molecule has 6 rings (SSSR count). The van der Waals surface area contributed by atoms with Gasteiger partial charge in [0.15, 0.2) is 11.6 Å². The van der Waals surface area contributed by atoms with E-state index >= 15 is 0 Å². The molecular formula is C20H26N6. The largest absolute Gasteiger partial charge is 0.393 e. The van der Waals surface area contributed by atoms with Gasteiger partial charge in [0.05, 0.1) is 0 Å². The summed E-state index contributed by atoms with van der Waals surface area (Å²) in [7, 11) is 0. The maximum Gasteiger partial charge on any atom is 0.160 e. The molecule has 136 valence electrons. The number of hydrogen-bond acceptors (Lipinski definition) is 6. The second kappa shape index (κ2) is 5.83. The SMILES string of the molecule is Cc1cccnc1Nc1ncnc(NC23CC4CC(CC(C4)C2)C3)c1N. The van der Waals surface area contributed by atoms with Crippen molar-refractivity contribution < 1.29 is 0 Å². The normalized spacial score (nSPS) is 31.8.